The highest BCUT2D eigenvalue weighted by Gasteiger charge is 2.09. The van der Waals surface area contributed by atoms with E-state index in [4.69, 9.17) is 4.74 Å². The van der Waals surface area contributed by atoms with E-state index in [1.54, 1.807) is 17.1 Å². The summed E-state index contributed by atoms with van der Waals surface area (Å²) in [6.45, 7) is 5.48. The van der Waals surface area contributed by atoms with Crippen molar-refractivity contribution >= 4 is 22.4 Å². The number of hydrogen-bond acceptors (Lipinski definition) is 4. The maximum atomic E-state index is 12.2. The van der Waals surface area contributed by atoms with Crippen LogP contribution in [0, 0.1) is 6.92 Å². The molecule has 0 unspecified atom stereocenters. The van der Waals surface area contributed by atoms with Crippen molar-refractivity contribution in [2.45, 2.75) is 26.9 Å². The van der Waals surface area contributed by atoms with Crippen LogP contribution in [0.4, 0.5) is 5.69 Å². The minimum absolute atomic E-state index is 0.0636. The van der Waals surface area contributed by atoms with Gasteiger partial charge in [0.05, 0.1) is 24.6 Å². The fourth-order valence-electron chi connectivity index (χ4n) is 3.25. The Labute approximate surface area is 168 Å². The van der Waals surface area contributed by atoms with E-state index < -0.39 is 0 Å². The number of rotatable bonds is 7. The summed E-state index contributed by atoms with van der Waals surface area (Å²) < 4.78 is 9.36. The van der Waals surface area contributed by atoms with Gasteiger partial charge in [-0.1, -0.05) is 30.3 Å². The summed E-state index contributed by atoms with van der Waals surface area (Å²) in [5.41, 5.74) is 2.86. The van der Waals surface area contributed by atoms with Crippen LogP contribution < -0.4 is 10.1 Å². The largest absolute Gasteiger partial charge is 0.484 e. The lowest BCUT2D eigenvalue weighted by molar-refractivity contribution is -0.118. The van der Waals surface area contributed by atoms with E-state index in [0.29, 0.717) is 18.0 Å². The molecule has 4 rings (SSSR count). The van der Waals surface area contributed by atoms with Gasteiger partial charge in [0, 0.05) is 24.0 Å². The zero-order valence-electron chi connectivity index (χ0n) is 16.5. The quantitative estimate of drug-likeness (QED) is 0.524. The average Bonchev–Trinajstić information content (AvgIpc) is 3.32. The zero-order chi connectivity index (χ0) is 20.2. The Balaban J connectivity index is 1.33. The second kappa shape index (κ2) is 8.18. The van der Waals surface area contributed by atoms with Crippen LogP contribution in [0.5, 0.6) is 5.75 Å². The van der Waals surface area contributed by atoms with Gasteiger partial charge < -0.3 is 10.1 Å². The van der Waals surface area contributed by atoms with Crippen LogP contribution in [0.2, 0.25) is 0 Å². The number of amides is 1. The van der Waals surface area contributed by atoms with Crippen LogP contribution in [0.1, 0.15) is 18.2 Å². The van der Waals surface area contributed by atoms with Gasteiger partial charge in [0.25, 0.3) is 5.91 Å². The molecule has 4 aromatic rings. The number of nitrogens with one attached hydrogen (secondary N) is 1. The fraction of sp³-hybridized carbons (Fsp3) is 0.227. The lowest BCUT2D eigenvalue weighted by Crippen LogP contribution is -2.19. The third kappa shape index (κ3) is 4.29. The lowest BCUT2D eigenvalue weighted by atomic mass is 10.1. The van der Waals surface area contributed by atoms with Crippen LogP contribution in [0.15, 0.2) is 61.1 Å². The van der Waals surface area contributed by atoms with E-state index in [0.717, 1.165) is 28.6 Å². The second-order valence-corrected chi connectivity index (χ2v) is 6.84. The normalized spacial score (nSPS) is 11.0. The highest BCUT2D eigenvalue weighted by Crippen LogP contribution is 2.20. The molecule has 0 aliphatic rings. The number of anilines is 1. The lowest BCUT2D eigenvalue weighted by Gasteiger charge is -2.07. The molecule has 29 heavy (non-hydrogen) atoms. The van der Waals surface area contributed by atoms with Crippen LogP contribution >= 0.6 is 0 Å². The average molecular weight is 389 g/mol. The summed E-state index contributed by atoms with van der Waals surface area (Å²) in [6, 6.07) is 13.8. The standard InChI is InChI=1S/C22H23N5O2/c1-3-27-16(2)19(11-24-27)13-26-14-20(12-23-26)25-22(28)15-29-21-9-8-17-6-4-5-7-18(17)10-21/h4-12,14H,3,13,15H2,1-2H3,(H,25,28). The SMILES string of the molecule is CCn1ncc(Cn2cc(NC(=O)COc3ccc4ccccc4c3)cn2)c1C. The predicted octanol–water partition coefficient (Wildman–Crippen LogP) is 3.63. The van der Waals surface area contributed by atoms with Crippen molar-refractivity contribution in [2.24, 2.45) is 0 Å². The molecule has 0 atom stereocenters. The number of nitrogens with zero attached hydrogens (tertiary/aromatic N) is 4. The Morgan fingerprint density at radius 1 is 1.10 bits per heavy atom. The summed E-state index contributed by atoms with van der Waals surface area (Å²) >= 11 is 0. The molecule has 7 heteroatoms. The summed E-state index contributed by atoms with van der Waals surface area (Å²) in [4.78, 5) is 12.2. The molecule has 148 valence electrons. The molecule has 2 aromatic carbocycles. The molecule has 0 aliphatic heterocycles. The van der Waals surface area contributed by atoms with Crippen molar-refractivity contribution in [1.82, 2.24) is 19.6 Å². The van der Waals surface area contributed by atoms with Crippen molar-refractivity contribution in [3.63, 3.8) is 0 Å². The number of fused-ring (bicyclic) bond motifs is 1. The van der Waals surface area contributed by atoms with Crippen LogP contribution in [0.3, 0.4) is 0 Å². The maximum Gasteiger partial charge on any atom is 0.262 e. The first kappa shape index (κ1) is 18.7. The molecule has 0 spiro atoms. The van der Waals surface area contributed by atoms with Gasteiger partial charge in [-0.05, 0) is 36.8 Å². The number of ether oxygens (including phenoxy) is 1. The molecule has 2 aromatic heterocycles. The van der Waals surface area contributed by atoms with E-state index >= 15 is 0 Å². The topological polar surface area (TPSA) is 74.0 Å². The third-order valence-electron chi connectivity index (χ3n) is 4.84. The van der Waals surface area contributed by atoms with Crippen molar-refractivity contribution < 1.29 is 9.53 Å². The smallest absolute Gasteiger partial charge is 0.262 e. The summed E-state index contributed by atoms with van der Waals surface area (Å²) in [5.74, 6) is 0.436. The van der Waals surface area contributed by atoms with E-state index in [2.05, 4.69) is 22.4 Å². The highest BCUT2D eigenvalue weighted by atomic mass is 16.5. The third-order valence-corrected chi connectivity index (χ3v) is 4.84. The molecule has 0 saturated carbocycles. The molecule has 0 saturated heterocycles. The molecule has 0 radical (unpaired) electrons. The van der Waals surface area contributed by atoms with Gasteiger partial charge >= 0.3 is 0 Å². The fourth-order valence-corrected chi connectivity index (χ4v) is 3.25. The Hall–Kier alpha value is -3.61. The molecule has 1 amide bonds. The van der Waals surface area contributed by atoms with Gasteiger partial charge in [0.15, 0.2) is 6.61 Å². The highest BCUT2D eigenvalue weighted by molar-refractivity contribution is 5.91. The summed E-state index contributed by atoms with van der Waals surface area (Å²) in [7, 11) is 0. The second-order valence-electron chi connectivity index (χ2n) is 6.84. The van der Waals surface area contributed by atoms with E-state index in [1.807, 2.05) is 60.3 Å². The van der Waals surface area contributed by atoms with E-state index in [1.165, 1.54) is 0 Å². The monoisotopic (exact) mass is 389 g/mol. The Morgan fingerprint density at radius 2 is 1.93 bits per heavy atom. The van der Waals surface area contributed by atoms with Crippen molar-refractivity contribution in [3.05, 3.63) is 72.3 Å². The van der Waals surface area contributed by atoms with E-state index in [9.17, 15) is 4.79 Å². The Morgan fingerprint density at radius 3 is 2.72 bits per heavy atom. The molecule has 1 N–H and O–H groups in total. The summed E-state index contributed by atoms with van der Waals surface area (Å²) in [5, 5.41) is 13.7. The minimum Gasteiger partial charge on any atom is -0.484 e. The van der Waals surface area contributed by atoms with Gasteiger partial charge in [-0.15, -0.1) is 0 Å². The molecule has 0 fully saturated rings. The van der Waals surface area contributed by atoms with Crippen molar-refractivity contribution in [3.8, 4) is 5.75 Å². The molecular formula is C22H23N5O2. The molecule has 7 nitrogen and oxygen atoms in total. The van der Waals surface area contributed by atoms with Crippen LogP contribution in [-0.4, -0.2) is 32.1 Å². The zero-order valence-corrected chi connectivity index (χ0v) is 16.5. The summed E-state index contributed by atoms with van der Waals surface area (Å²) in [6.07, 6.45) is 5.29. The Kier molecular flexibility index (Phi) is 5.29. The first-order valence-electron chi connectivity index (χ1n) is 9.57. The number of benzene rings is 2. The van der Waals surface area contributed by atoms with Crippen molar-refractivity contribution in [2.75, 3.05) is 11.9 Å². The van der Waals surface area contributed by atoms with Crippen molar-refractivity contribution in [1.29, 1.82) is 0 Å². The molecule has 0 bridgehead atoms. The van der Waals surface area contributed by atoms with Gasteiger partial charge in [-0.25, -0.2) is 0 Å². The van der Waals surface area contributed by atoms with Gasteiger partial charge in [0.1, 0.15) is 5.75 Å². The number of aryl methyl sites for hydroxylation is 1. The molecule has 2 heterocycles. The maximum absolute atomic E-state index is 12.2. The van der Waals surface area contributed by atoms with Gasteiger partial charge in [-0.2, -0.15) is 10.2 Å². The van der Waals surface area contributed by atoms with Crippen LogP contribution in [0.25, 0.3) is 10.8 Å². The molecule has 0 aliphatic carbocycles. The number of carbonyl (C=O) groups excluding carboxylic acids is 1. The van der Waals surface area contributed by atoms with Gasteiger partial charge in [0.2, 0.25) is 0 Å². The predicted molar refractivity (Wildman–Crippen MR) is 112 cm³/mol. The number of hydrogen-bond donors (Lipinski definition) is 1. The Bertz CT molecular complexity index is 1150. The first-order chi connectivity index (χ1) is 14.1. The van der Waals surface area contributed by atoms with Crippen LogP contribution in [-0.2, 0) is 17.9 Å². The number of aromatic nitrogens is 4. The van der Waals surface area contributed by atoms with Gasteiger partial charge in [-0.3, -0.25) is 14.2 Å². The van der Waals surface area contributed by atoms with E-state index in [-0.39, 0.29) is 12.5 Å². The minimum atomic E-state index is -0.229. The first-order valence-corrected chi connectivity index (χ1v) is 9.57. The molecular weight excluding hydrogens is 366 g/mol. The number of carbonyl (C=O) groups is 1.